The summed E-state index contributed by atoms with van der Waals surface area (Å²) < 4.78 is 28.0. The lowest BCUT2D eigenvalue weighted by Gasteiger charge is -2.16. The third-order valence-corrected chi connectivity index (χ3v) is 4.72. The topological polar surface area (TPSA) is 60.4 Å². The molecule has 1 unspecified atom stereocenters. The van der Waals surface area contributed by atoms with Crippen molar-refractivity contribution in [1.82, 2.24) is 0 Å². The largest absolute Gasteiger partial charge is 0.459 e. The Kier molecular flexibility index (Phi) is 6.35. The van der Waals surface area contributed by atoms with E-state index in [4.69, 9.17) is 38.6 Å². The van der Waals surface area contributed by atoms with Gasteiger partial charge in [-0.25, -0.2) is 13.2 Å². The van der Waals surface area contributed by atoms with E-state index in [1.54, 1.807) is 6.92 Å². The van der Waals surface area contributed by atoms with Gasteiger partial charge in [0.2, 0.25) is 0 Å². The Morgan fingerprint density at radius 1 is 1.19 bits per heavy atom. The molecular weight excluding hydrogens is 359 g/mol. The molecule has 1 aromatic carbocycles. The Hall–Kier alpha value is -0.490. The molecule has 0 aliphatic carbocycles. The average Bonchev–Trinajstić information content (AvgIpc) is 2.24. The van der Waals surface area contributed by atoms with Crippen LogP contribution in [-0.2, 0) is 13.8 Å². The van der Waals surface area contributed by atoms with Crippen molar-refractivity contribution < 1.29 is 17.9 Å². The fraction of sp³-hybridized carbons (Fsp3) is 0.462. The average molecular weight is 374 g/mol. The number of esters is 1. The zero-order valence-electron chi connectivity index (χ0n) is 11.7. The van der Waals surface area contributed by atoms with Crippen LogP contribution in [0.2, 0.25) is 10.0 Å². The SMILES string of the molecule is CC(C)CC(C)OC(=O)c1cc(S(=O)(=O)Cl)c(Cl)cc1Cl. The minimum absolute atomic E-state index is 0.00538. The second kappa shape index (κ2) is 7.18. The van der Waals surface area contributed by atoms with Crippen LogP contribution in [0.5, 0.6) is 0 Å². The summed E-state index contributed by atoms with van der Waals surface area (Å²) in [7, 11) is 1.18. The molecule has 0 aliphatic heterocycles. The third-order valence-electron chi connectivity index (χ3n) is 2.62. The summed E-state index contributed by atoms with van der Waals surface area (Å²) in [5, 5.41) is -0.146. The normalized spacial score (nSPS) is 13.3. The van der Waals surface area contributed by atoms with Gasteiger partial charge in [0, 0.05) is 10.7 Å². The number of hydrogen-bond acceptors (Lipinski definition) is 4. The van der Waals surface area contributed by atoms with Gasteiger partial charge in [-0.1, -0.05) is 37.0 Å². The highest BCUT2D eigenvalue weighted by atomic mass is 35.7. The predicted octanol–water partition coefficient (Wildman–Crippen LogP) is 4.51. The monoisotopic (exact) mass is 372 g/mol. The van der Waals surface area contributed by atoms with Crippen LogP contribution in [0.1, 0.15) is 37.6 Å². The van der Waals surface area contributed by atoms with Crippen molar-refractivity contribution in [2.24, 2.45) is 5.92 Å². The molecule has 0 radical (unpaired) electrons. The van der Waals surface area contributed by atoms with E-state index in [1.807, 2.05) is 13.8 Å². The lowest BCUT2D eigenvalue weighted by molar-refractivity contribution is 0.0299. The van der Waals surface area contributed by atoms with Gasteiger partial charge in [-0.2, -0.15) is 0 Å². The van der Waals surface area contributed by atoms with Gasteiger partial charge in [-0.15, -0.1) is 0 Å². The zero-order valence-corrected chi connectivity index (χ0v) is 14.8. The van der Waals surface area contributed by atoms with E-state index >= 15 is 0 Å². The highest BCUT2D eigenvalue weighted by molar-refractivity contribution is 8.13. The molecule has 4 nitrogen and oxygen atoms in total. The highest BCUT2D eigenvalue weighted by Gasteiger charge is 2.22. The third kappa shape index (κ3) is 5.33. The Balaban J connectivity index is 3.10. The van der Waals surface area contributed by atoms with Crippen LogP contribution in [0.25, 0.3) is 0 Å². The molecule has 0 fully saturated rings. The maximum Gasteiger partial charge on any atom is 0.339 e. The number of carbonyl (C=O) groups is 1. The van der Waals surface area contributed by atoms with Crippen LogP contribution in [0.4, 0.5) is 0 Å². The molecule has 8 heteroatoms. The minimum Gasteiger partial charge on any atom is -0.459 e. The maximum atomic E-state index is 12.1. The van der Waals surface area contributed by atoms with E-state index in [0.717, 1.165) is 12.1 Å². The molecule has 1 aromatic rings. The number of rotatable bonds is 5. The van der Waals surface area contributed by atoms with Crippen molar-refractivity contribution in [1.29, 1.82) is 0 Å². The summed E-state index contributed by atoms with van der Waals surface area (Å²) in [6.07, 6.45) is 0.359. The smallest absolute Gasteiger partial charge is 0.339 e. The quantitative estimate of drug-likeness (QED) is 0.562. The van der Waals surface area contributed by atoms with Crippen LogP contribution in [0.15, 0.2) is 17.0 Å². The Labute approximate surface area is 138 Å². The molecule has 0 spiro atoms. The van der Waals surface area contributed by atoms with Crippen LogP contribution < -0.4 is 0 Å². The number of halogens is 3. The van der Waals surface area contributed by atoms with Gasteiger partial charge < -0.3 is 4.74 Å². The summed E-state index contributed by atoms with van der Waals surface area (Å²) in [6, 6.07) is 2.18. The standard InChI is InChI=1S/C13H15Cl3O4S/c1-7(2)4-8(3)20-13(17)9-5-12(21(16,18)19)11(15)6-10(9)14/h5-8H,4H2,1-3H3. The molecule has 0 aromatic heterocycles. The van der Waals surface area contributed by atoms with Gasteiger partial charge in [0.25, 0.3) is 9.05 Å². The fourth-order valence-corrected chi connectivity index (χ4v) is 3.65. The number of carbonyl (C=O) groups excluding carboxylic acids is 1. The first-order valence-corrected chi connectivity index (χ1v) is 9.23. The van der Waals surface area contributed by atoms with Gasteiger partial charge in [-0.05, 0) is 31.4 Å². The van der Waals surface area contributed by atoms with Crippen LogP contribution >= 0.6 is 33.9 Å². The Morgan fingerprint density at radius 2 is 1.76 bits per heavy atom. The van der Waals surface area contributed by atoms with Crippen molar-refractivity contribution in [2.45, 2.75) is 38.2 Å². The first kappa shape index (κ1) is 18.6. The molecule has 0 saturated heterocycles. The molecule has 0 amide bonds. The van der Waals surface area contributed by atoms with Gasteiger partial charge >= 0.3 is 5.97 Å². The minimum atomic E-state index is -4.08. The molecule has 0 aliphatic rings. The summed E-state index contributed by atoms with van der Waals surface area (Å²) in [6.45, 7) is 5.75. The summed E-state index contributed by atoms with van der Waals surface area (Å²) in [4.78, 5) is 11.7. The van der Waals surface area contributed by atoms with Crippen molar-refractivity contribution in [3.8, 4) is 0 Å². The molecular formula is C13H15Cl3O4S. The van der Waals surface area contributed by atoms with E-state index < -0.39 is 15.0 Å². The summed E-state index contributed by atoms with van der Waals surface area (Å²) in [5.41, 5.74) is -0.0871. The molecule has 0 bridgehead atoms. The summed E-state index contributed by atoms with van der Waals surface area (Å²) in [5.74, 6) is -0.362. The molecule has 0 heterocycles. The van der Waals surface area contributed by atoms with Gasteiger partial charge in [0.15, 0.2) is 0 Å². The Bertz CT molecular complexity index is 641. The molecule has 0 N–H and O–H groups in total. The molecule has 0 saturated carbocycles. The van der Waals surface area contributed by atoms with E-state index in [1.165, 1.54) is 0 Å². The van der Waals surface area contributed by atoms with Crippen LogP contribution in [0.3, 0.4) is 0 Å². The maximum absolute atomic E-state index is 12.1. The second-order valence-electron chi connectivity index (χ2n) is 5.05. The first-order valence-electron chi connectivity index (χ1n) is 6.17. The first-order chi connectivity index (χ1) is 9.52. The second-order valence-corrected chi connectivity index (χ2v) is 8.39. The van der Waals surface area contributed by atoms with Crippen molar-refractivity contribution >= 4 is 48.9 Å². The van der Waals surface area contributed by atoms with Crippen LogP contribution in [-0.4, -0.2) is 20.5 Å². The highest BCUT2D eigenvalue weighted by Crippen LogP contribution is 2.31. The molecule has 1 atom stereocenters. The predicted molar refractivity (Wildman–Crippen MR) is 83.8 cm³/mol. The fourth-order valence-electron chi connectivity index (χ4n) is 1.83. The van der Waals surface area contributed by atoms with Crippen molar-refractivity contribution in [2.75, 3.05) is 0 Å². The van der Waals surface area contributed by atoms with Gasteiger partial charge in [0.05, 0.1) is 21.7 Å². The molecule has 21 heavy (non-hydrogen) atoms. The van der Waals surface area contributed by atoms with Crippen LogP contribution in [0, 0.1) is 5.92 Å². The van der Waals surface area contributed by atoms with Gasteiger partial charge in [-0.3, -0.25) is 0 Å². The zero-order chi connectivity index (χ0) is 16.4. The van der Waals surface area contributed by atoms with E-state index in [2.05, 4.69) is 0 Å². The number of hydrogen-bond donors (Lipinski definition) is 0. The van der Waals surface area contributed by atoms with E-state index in [9.17, 15) is 13.2 Å². The lowest BCUT2D eigenvalue weighted by Crippen LogP contribution is -2.17. The number of ether oxygens (including phenoxy) is 1. The molecule has 1 rings (SSSR count). The van der Waals surface area contributed by atoms with Gasteiger partial charge in [0.1, 0.15) is 4.90 Å². The van der Waals surface area contributed by atoms with E-state index in [0.29, 0.717) is 12.3 Å². The molecule has 118 valence electrons. The van der Waals surface area contributed by atoms with Crippen molar-refractivity contribution in [3.05, 3.63) is 27.7 Å². The lowest BCUT2D eigenvalue weighted by atomic mass is 10.1. The van der Waals surface area contributed by atoms with E-state index in [-0.39, 0.29) is 26.6 Å². The number of benzene rings is 1. The summed E-state index contributed by atoms with van der Waals surface area (Å²) >= 11 is 11.7. The Morgan fingerprint density at radius 3 is 2.24 bits per heavy atom. The van der Waals surface area contributed by atoms with Crippen molar-refractivity contribution in [3.63, 3.8) is 0 Å².